The van der Waals surface area contributed by atoms with Gasteiger partial charge in [0.15, 0.2) is 7.98 Å². The van der Waals surface area contributed by atoms with Gasteiger partial charge in [0.2, 0.25) is 0 Å². The van der Waals surface area contributed by atoms with Crippen molar-refractivity contribution in [1.82, 2.24) is 4.81 Å². The second-order valence-electron chi connectivity index (χ2n) is 3.10. The van der Waals surface area contributed by atoms with Crippen LogP contribution >= 0.6 is 0 Å². The van der Waals surface area contributed by atoms with Gasteiger partial charge in [0.25, 0.3) is 0 Å². The number of carbonyl (C=O) groups excluding carboxylic acids is 2. The molecular formula is C7H12BNO3. The molecular weight excluding hydrogens is 157 g/mol. The molecule has 66 valence electrons. The van der Waals surface area contributed by atoms with Crippen LogP contribution in [-0.4, -0.2) is 37.8 Å². The van der Waals surface area contributed by atoms with Crippen LogP contribution < -0.4 is 0 Å². The van der Waals surface area contributed by atoms with Crippen LogP contribution in [-0.2, 0) is 14.3 Å². The molecule has 12 heavy (non-hydrogen) atoms. The third-order valence-electron chi connectivity index (χ3n) is 1.97. The highest BCUT2D eigenvalue weighted by molar-refractivity contribution is 6.06. The maximum Gasteiger partial charge on any atom is 0.326 e. The van der Waals surface area contributed by atoms with E-state index in [4.69, 9.17) is 0 Å². The number of nitrogens with zero attached hydrogens (tertiary/aromatic N) is 1. The predicted octanol–water partition coefficient (Wildman–Crippen LogP) is -1.05. The molecule has 4 nitrogen and oxygen atoms in total. The van der Waals surface area contributed by atoms with Crippen LogP contribution in [0.3, 0.4) is 0 Å². The van der Waals surface area contributed by atoms with Crippen LogP contribution in [0.25, 0.3) is 0 Å². The highest BCUT2D eigenvalue weighted by Crippen LogP contribution is 2.10. The van der Waals surface area contributed by atoms with Gasteiger partial charge in [0.1, 0.15) is 0 Å². The van der Waals surface area contributed by atoms with Gasteiger partial charge >= 0.3 is 11.9 Å². The van der Waals surface area contributed by atoms with Crippen molar-refractivity contribution in [2.24, 2.45) is 5.92 Å². The summed E-state index contributed by atoms with van der Waals surface area (Å²) in [6, 6.07) is 0. The van der Waals surface area contributed by atoms with Crippen molar-refractivity contribution in [1.29, 1.82) is 0 Å². The molecule has 0 aromatic carbocycles. The lowest BCUT2D eigenvalue weighted by molar-refractivity contribution is -0.160. The summed E-state index contributed by atoms with van der Waals surface area (Å²) in [6.45, 7) is 2.73. The number of hydrogen-bond donors (Lipinski definition) is 0. The Bertz CT molecular complexity index is 207. The van der Waals surface area contributed by atoms with E-state index in [1.165, 1.54) is 0 Å². The minimum Gasteiger partial charge on any atom is -0.392 e. The highest BCUT2D eigenvalue weighted by atomic mass is 16.6. The van der Waals surface area contributed by atoms with Crippen LogP contribution in [0.5, 0.6) is 0 Å². The smallest absolute Gasteiger partial charge is 0.326 e. The first-order valence-electron chi connectivity index (χ1n) is 4.06. The quantitative estimate of drug-likeness (QED) is 0.285. The van der Waals surface area contributed by atoms with Crippen LogP contribution in [0.4, 0.5) is 0 Å². The molecule has 1 aliphatic heterocycles. The molecule has 0 amide bonds. The molecule has 1 fully saturated rings. The summed E-state index contributed by atoms with van der Waals surface area (Å²) in [4.78, 5) is 23.8. The second-order valence-corrected chi connectivity index (χ2v) is 3.10. The maximum absolute atomic E-state index is 11.1. The van der Waals surface area contributed by atoms with Crippen molar-refractivity contribution < 1.29 is 14.3 Å². The van der Waals surface area contributed by atoms with Gasteiger partial charge in [-0.15, -0.1) is 0 Å². The molecule has 1 heterocycles. The van der Waals surface area contributed by atoms with Gasteiger partial charge in [0, 0.05) is 6.54 Å². The fourth-order valence-electron chi connectivity index (χ4n) is 1.26. The van der Waals surface area contributed by atoms with E-state index in [1.54, 1.807) is 4.81 Å². The van der Waals surface area contributed by atoms with Crippen molar-refractivity contribution in [3.63, 3.8) is 0 Å². The number of cyclic esters (lactones) is 2. The van der Waals surface area contributed by atoms with Crippen molar-refractivity contribution >= 4 is 19.9 Å². The SMILES string of the molecule is BN1CC(=O)OC(=O)[C@H](CC)C1. The van der Waals surface area contributed by atoms with Crippen LogP contribution in [0.2, 0.25) is 0 Å². The van der Waals surface area contributed by atoms with E-state index in [-0.39, 0.29) is 18.4 Å². The third-order valence-corrected chi connectivity index (χ3v) is 1.97. The summed E-state index contributed by atoms with van der Waals surface area (Å²) in [5.41, 5.74) is 0. The molecule has 0 saturated carbocycles. The van der Waals surface area contributed by atoms with Crippen molar-refractivity contribution in [3.05, 3.63) is 0 Å². The average molecular weight is 169 g/mol. The Hall–Kier alpha value is -0.835. The monoisotopic (exact) mass is 169 g/mol. The molecule has 1 aliphatic rings. The molecule has 1 saturated heterocycles. The topological polar surface area (TPSA) is 46.6 Å². The zero-order valence-electron chi connectivity index (χ0n) is 7.37. The number of ether oxygens (including phenoxy) is 1. The van der Waals surface area contributed by atoms with E-state index >= 15 is 0 Å². The first kappa shape index (κ1) is 9.25. The molecule has 0 aromatic heterocycles. The Morgan fingerprint density at radius 1 is 1.67 bits per heavy atom. The molecule has 0 aliphatic carbocycles. The van der Waals surface area contributed by atoms with E-state index in [9.17, 15) is 9.59 Å². The largest absolute Gasteiger partial charge is 0.392 e. The van der Waals surface area contributed by atoms with E-state index < -0.39 is 5.97 Å². The number of esters is 2. The molecule has 1 atom stereocenters. The van der Waals surface area contributed by atoms with E-state index in [0.717, 1.165) is 6.42 Å². The Morgan fingerprint density at radius 2 is 2.33 bits per heavy atom. The van der Waals surface area contributed by atoms with Gasteiger partial charge < -0.3 is 9.55 Å². The highest BCUT2D eigenvalue weighted by Gasteiger charge is 2.27. The first-order chi connectivity index (χ1) is 5.63. The van der Waals surface area contributed by atoms with Crippen molar-refractivity contribution in [2.75, 3.05) is 13.1 Å². The van der Waals surface area contributed by atoms with Gasteiger partial charge in [-0.2, -0.15) is 0 Å². The van der Waals surface area contributed by atoms with Gasteiger partial charge in [-0.05, 0) is 6.42 Å². The fraction of sp³-hybridized carbons (Fsp3) is 0.714. The summed E-state index contributed by atoms with van der Waals surface area (Å²) in [6.07, 6.45) is 0.719. The van der Waals surface area contributed by atoms with Gasteiger partial charge in [-0.1, -0.05) is 6.92 Å². The van der Waals surface area contributed by atoms with Gasteiger partial charge in [-0.25, -0.2) is 0 Å². The third kappa shape index (κ3) is 2.07. The molecule has 5 heteroatoms. The average Bonchev–Trinajstić information content (AvgIpc) is 2.09. The Balaban J connectivity index is 2.67. The van der Waals surface area contributed by atoms with E-state index in [2.05, 4.69) is 4.74 Å². The minimum absolute atomic E-state index is 0.151. The summed E-state index contributed by atoms with van der Waals surface area (Å²) < 4.78 is 4.57. The zero-order chi connectivity index (χ0) is 9.14. The Kier molecular flexibility index (Phi) is 2.86. The van der Waals surface area contributed by atoms with E-state index in [1.807, 2.05) is 14.9 Å². The van der Waals surface area contributed by atoms with Gasteiger partial charge in [0.05, 0.1) is 12.5 Å². The predicted molar refractivity (Wildman–Crippen MR) is 45.0 cm³/mol. The van der Waals surface area contributed by atoms with Crippen molar-refractivity contribution in [2.45, 2.75) is 13.3 Å². The number of carbonyl (C=O) groups is 2. The first-order valence-corrected chi connectivity index (χ1v) is 4.06. The number of rotatable bonds is 1. The maximum atomic E-state index is 11.1. The lowest BCUT2D eigenvalue weighted by atomic mass is 10.1. The summed E-state index contributed by atoms with van der Waals surface area (Å²) >= 11 is 0. The summed E-state index contributed by atoms with van der Waals surface area (Å²) in [5.74, 6) is -0.980. The Morgan fingerprint density at radius 3 is 2.92 bits per heavy atom. The van der Waals surface area contributed by atoms with Crippen molar-refractivity contribution in [3.8, 4) is 0 Å². The Labute approximate surface area is 72.3 Å². The summed E-state index contributed by atoms with van der Waals surface area (Å²) in [7, 11) is 1.81. The molecule has 0 bridgehead atoms. The molecule has 0 aromatic rings. The molecule has 1 rings (SSSR count). The normalized spacial score (nSPS) is 26.6. The van der Waals surface area contributed by atoms with Crippen LogP contribution in [0, 0.1) is 5.92 Å². The molecule has 0 unspecified atom stereocenters. The lowest BCUT2D eigenvalue weighted by Crippen LogP contribution is -2.29. The van der Waals surface area contributed by atoms with Crippen LogP contribution in [0.15, 0.2) is 0 Å². The number of hydrogen-bond acceptors (Lipinski definition) is 4. The lowest BCUT2D eigenvalue weighted by Gasteiger charge is -2.14. The molecule has 0 N–H and O–H groups in total. The zero-order valence-corrected chi connectivity index (χ0v) is 7.37. The van der Waals surface area contributed by atoms with E-state index in [0.29, 0.717) is 6.54 Å². The minimum atomic E-state index is -0.446. The standard InChI is InChI=1S/C7H12BNO3/c1-2-5-3-9(8)4-6(10)12-7(5)11/h5H,2-4,8H2,1H3/t5-/m1/s1. The fourth-order valence-corrected chi connectivity index (χ4v) is 1.26. The second kappa shape index (κ2) is 3.71. The molecule has 0 radical (unpaired) electrons. The van der Waals surface area contributed by atoms with Crippen LogP contribution in [0.1, 0.15) is 13.3 Å². The van der Waals surface area contributed by atoms with Gasteiger partial charge in [-0.3, -0.25) is 9.59 Å². The molecule has 0 spiro atoms. The summed E-state index contributed by atoms with van der Waals surface area (Å²) in [5, 5.41) is 0.